The quantitative estimate of drug-likeness (QED) is 0.279. The predicted molar refractivity (Wildman–Crippen MR) is 132 cm³/mol. The van der Waals surface area contributed by atoms with Gasteiger partial charge in [-0.1, -0.05) is 66.8 Å². The van der Waals surface area contributed by atoms with Crippen molar-refractivity contribution in [2.75, 3.05) is 5.32 Å². The van der Waals surface area contributed by atoms with Crippen molar-refractivity contribution in [3.05, 3.63) is 47.7 Å². The Hall–Kier alpha value is -2.06. The van der Waals surface area contributed by atoms with Gasteiger partial charge in [-0.3, -0.25) is 9.78 Å². The van der Waals surface area contributed by atoms with Crippen LogP contribution in [0.3, 0.4) is 0 Å². The molecule has 6 nitrogen and oxygen atoms in total. The number of hydrogen-bond acceptors (Lipinski definition) is 5. The van der Waals surface area contributed by atoms with Crippen LogP contribution in [0.15, 0.2) is 47.2 Å². The zero-order chi connectivity index (χ0) is 23.7. The van der Waals surface area contributed by atoms with Gasteiger partial charge in [-0.05, 0) is 36.3 Å². The Morgan fingerprint density at radius 2 is 1.91 bits per heavy atom. The predicted octanol–water partition coefficient (Wildman–Crippen LogP) is 7.18. The Morgan fingerprint density at radius 1 is 1.19 bits per heavy atom. The number of halogens is 3. The van der Waals surface area contributed by atoms with Gasteiger partial charge in [0.2, 0.25) is 0 Å². The lowest BCUT2D eigenvalue weighted by molar-refractivity contribution is -0.114. The third kappa shape index (κ3) is 5.46. The van der Waals surface area contributed by atoms with Gasteiger partial charge in [0.15, 0.2) is 10.6 Å². The first-order chi connectivity index (χ1) is 14.9. The van der Waals surface area contributed by atoms with Gasteiger partial charge < -0.3 is 14.3 Å². The summed E-state index contributed by atoms with van der Waals surface area (Å²) in [4.78, 5) is 14.7. The second-order valence-electron chi connectivity index (χ2n) is 8.80. The van der Waals surface area contributed by atoms with Gasteiger partial charge >= 0.3 is 0 Å². The molecule has 1 aromatic carbocycles. The number of benzene rings is 1. The molecule has 32 heavy (non-hydrogen) atoms. The van der Waals surface area contributed by atoms with E-state index in [9.17, 15) is 4.79 Å². The van der Waals surface area contributed by atoms with Crippen LogP contribution in [0.25, 0.3) is 22.6 Å². The van der Waals surface area contributed by atoms with Crippen LogP contribution in [0.5, 0.6) is 5.75 Å². The maximum Gasteiger partial charge on any atom is 0.257 e. The molecule has 0 aliphatic carbocycles. The van der Waals surface area contributed by atoms with Crippen LogP contribution in [0.2, 0.25) is 23.2 Å². The van der Waals surface area contributed by atoms with Crippen LogP contribution >= 0.6 is 34.8 Å². The summed E-state index contributed by atoms with van der Waals surface area (Å²) < 4.78 is 12.1. The van der Waals surface area contributed by atoms with Gasteiger partial charge in [-0.2, -0.15) is 0 Å². The van der Waals surface area contributed by atoms with E-state index in [1.165, 1.54) is 6.20 Å². The molecule has 0 spiro atoms. The van der Waals surface area contributed by atoms with Crippen molar-refractivity contribution in [2.45, 2.75) is 43.7 Å². The first kappa shape index (κ1) is 24.6. The number of pyridine rings is 1. The molecule has 0 saturated carbocycles. The summed E-state index contributed by atoms with van der Waals surface area (Å²) in [6.45, 7) is 10.9. The van der Waals surface area contributed by atoms with Crippen molar-refractivity contribution in [2.24, 2.45) is 0 Å². The molecule has 0 bridgehead atoms. The molecule has 10 heteroatoms. The number of anilines is 1. The maximum atomic E-state index is 11.7. The Labute approximate surface area is 203 Å². The van der Waals surface area contributed by atoms with Crippen molar-refractivity contribution in [3.8, 4) is 28.3 Å². The monoisotopic (exact) mass is 511 g/mol. The SMILES string of the molecule is CC(C)(C)[Si](C)(C)Oc1cccc(Cl)c1-c1cc(-c2cncc(NC(=O)C(Cl)Cl)c2)on1. The van der Waals surface area contributed by atoms with E-state index >= 15 is 0 Å². The van der Waals surface area contributed by atoms with Crippen molar-refractivity contribution < 1.29 is 13.7 Å². The van der Waals surface area contributed by atoms with Crippen LogP contribution in [0.1, 0.15) is 20.8 Å². The third-order valence-corrected chi connectivity index (χ3v) is 10.5. The fourth-order valence-electron chi connectivity index (χ4n) is 2.63. The molecule has 0 aliphatic heterocycles. The van der Waals surface area contributed by atoms with E-state index in [0.717, 1.165) is 0 Å². The number of rotatable bonds is 6. The summed E-state index contributed by atoms with van der Waals surface area (Å²) in [6, 6.07) is 8.98. The van der Waals surface area contributed by atoms with E-state index in [4.69, 9.17) is 43.8 Å². The van der Waals surface area contributed by atoms with Crippen LogP contribution in [-0.4, -0.2) is 29.2 Å². The normalized spacial score (nSPS) is 12.2. The second-order valence-corrected chi connectivity index (χ2v) is 15.0. The van der Waals surface area contributed by atoms with E-state index in [1.54, 1.807) is 24.4 Å². The molecular formula is C22H24Cl3N3O3Si. The van der Waals surface area contributed by atoms with Crippen molar-refractivity contribution in [1.29, 1.82) is 0 Å². The number of nitrogens with one attached hydrogen (secondary N) is 1. The van der Waals surface area contributed by atoms with Gasteiger partial charge in [-0.25, -0.2) is 0 Å². The average Bonchev–Trinajstić information content (AvgIpc) is 3.16. The molecule has 0 fully saturated rings. The van der Waals surface area contributed by atoms with Crippen LogP contribution < -0.4 is 9.74 Å². The molecule has 3 rings (SSSR count). The summed E-state index contributed by atoms with van der Waals surface area (Å²) >= 11 is 17.7. The standard InChI is InChI=1S/C22H24Cl3N3O3Si/c1-22(2,3)32(4,5)31-17-8-6-7-15(23)19(17)16-10-18(30-28-16)13-9-14(12-26-11-13)27-21(29)20(24)25/h6-12,20H,1-5H3,(H,27,29). The van der Waals surface area contributed by atoms with Crippen molar-refractivity contribution >= 4 is 54.7 Å². The van der Waals surface area contributed by atoms with Crippen molar-refractivity contribution in [3.63, 3.8) is 0 Å². The smallest absolute Gasteiger partial charge is 0.257 e. The van der Waals surface area contributed by atoms with Gasteiger partial charge in [0, 0.05) is 17.8 Å². The molecule has 2 heterocycles. The largest absolute Gasteiger partial charge is 0.543 e. The van der Waals surface area contributed by atoms with Gasteiger partial charge in [-0.15, -0.1) is 0 Å². The highest BCUT2D eigenvalue weighted by Gasteiger charge is 2.39. The summed E-state index contributed by atoms with van der Waals surface area (Å²) in [5.41, 5.74) is 2.24. The lowest BCUT2D eigenvalue weighted by Gasteiger charge is -2.37. The molecule has 3 aromatic rings. The molecule has 1 N–H and O–H groups in total. The Bertz CT molecular complexity index is 1130. The van der Waals surface area contributed by atoms with Crippen LogP contribution in [-0.2, 0) is 4.79 Å². The molecule has 0 saturated heterocycles. The number of carbonyl (C=O) groups excluding carboxylic acids is 1. The average molecular weight is 513 g/mol. The van der Waals surface area contributed by atoms with E-state index < -0.39 is 19.1 Å². The highest BCUT2D eigenvalue weighted by atomic mass is 35.5. The highest BCUT2D eigenvalue weighted by Crippen LogP contribution is 2.43. The number of alkyl halides is 2. The minimum atomic E-state index is -2.11. The Kier molecular flexibility index (Phi) is 7.24. The molecule has 2 aromatic heterocycles. The minimum absolute atomic E-state index is 0.0171. The zero-order valence-electron chi connectivity index (χ0n) is 18.4. The van der Waals surface area contributed by atoms with Gasteiger partial charge in [0.05, 0.1) is 22.5 Å². The molecule has 0 atom stereocenters. The lowest BCUT2D eigenvalue weighted by atomic mass is 10.1. The topological polar surface area (TPSA) is 77.2 Å². The minimum Gasteiger partial charge on any atom is -0.543 e. The van der Waals surface area contributed by atoms with E-state index in [0.29, 0.717) is 39.0 Å². The third-order valence-electron chi connectivity index (χ3n) is 5.40. The summed E-state index contributed by atoms with van der Waals surface area (Å²) in [6.07, 6.45) is 3.08. The van der Waals surface area contributed by atoms with Crippen LogP contribution in [0.4, 0.5) is 5.69 Å². The molecule has 170 valence electrons. The fourth-order valence-corrected chi connectivity index (χ4v) is 4.03. The molecule has 0 radical (unpaired) electrons. The molecular weight excluding hydrogens is 489 g/mol. The Balaban J connectivity index is 1.95. The zero-order valence-corrected chi connectivity index (χ0v) is 21.6. The number of aromatic nitrogens is 2. The molecule has 1 amide bonds. The van der Waals surface area contributed by atoms with Gasteiger partial charge in [0.1, 0.15) is 11.4 Å². The first-order valence-corrected chi connectivity index (χ1v) is 14.0. The van der Waals surface area contributed by atoms with Gasteiger partial charge in [0.25, 0.3) is 14.2 Å². The van der Waals surface area contributed by atoms with E-state index in [1.807, 2.05) is 12.1 Å². The molecule has 0 unspecified atom stereocenters. The number of amides is 1. The van der Waals surface area contributed by atoms with E-state index in [-0.39, 0.29) is 5.04 Å². The lowest BCUT2D eigenvalue weighted by Crippen LogP contribution is -2.44. The number of nitrogens with zero attached hydrogens (tertiary/aromatic N) is 2. The van der Waals surface area contributed by atoms with Crippen LogP contribution in [0, 0.1) is 0 Å². The fraction of sp³-hybridized carbons (Fsp3) is 0.318. The van der Waals surface area contributed by atoms with E-state index in [2.05, 4.69) is 49.3 Å². The highest BCUT2D eigenvalue weighted by molar-refractivity contribution is 6.74. The molecule has 0 aliphatic rings. The second kappa shape index (κ2) is 9.43. The number of hydrogen-bond donors (Lipinski definition) is 1. The maximum absolute atomic E-state index is 11.7. The summed E-state index contributed by atoms with van der Waals surface area (Å²) in [7, 11) is -2.11. The summed E-state index contributed by atoms with van der Waals surface area (Å²) in [5.74, 6) is 0.572. The van der Waals surface area contributed by atoms with Crippen molar-refractivity contribution in [1.82, 2.24) is 10.1 Å². The first-order valence-electron chi connectivity index (χ1n) is 9.88. The Morgan fingerprint density at radius 3 is 2.56 bits per heavy atom. The number of carbonyl (C=O) groups is 1. The summed E-state index contributed by atoms with van der Waals surface area (Å²) in [5, 5.41) is 7.32.